The molecule has 3 heterocycles. The molecule has 2 fully saturated rings. The van der Waals surface area contributed by atoms with Crippen molar-refractivity contribution in [3.8, 4) is 0 Å². The third-order valence-corrected chi connectivity index (χ3v) is 6.55. The number of fused-ring (bicyclic) bond motifs is 2. The van der Waals surface area contributed by atoms with Crippen LogP contribution in [0.1, 0.15) is 25.3 Å². The predicted octanol–water partition coefficient (Wildman–Crippen LogP) is 3.45. The number of nitrogens with zero attached hydrogens (tertiary/aromatic N) is 2. The summed E-state index contributed by atoms with van der Waals surface area (Å²) in [5.74, 6) is 0.443. The van der Waals surface area contributed by atoms with Gasteiger partial charge in [-0.1, -0.05) is 35.9 Å². The zero-order chi connectivity index (χ0) is 16.5. The Morgan fingerprint density at radius 1 is 1.38 bits per heavy atom. The number of benzene rings is 1. The molecule has 0 N–H and O–H groups in total. The maximum absolute atomic E-state index is 12.6. The smallest absolute Gasteiger partial charge is 0.418 e. The number of methoxy groups -OCH3 is 1. The molecule has 0 radical (unpaired) electrons. The molecule has 4 aliphatic rings. The fourth-order valence-electron chi connectivity index (χ4n) is 5.55. The Balaban J connectivity index is 1.78. The van der Waals surface area contributed by atoms with Crippen LogP contribution in [0, 0.1) is 5.92 Å². The summed E-state index contributed by atoms with van der Waals surface area (Å²) in [5, 5.41) is 0. The maximum atomic E-state index is 12.6. The third kappa shape index (κ3) is 1.50. The number of ether oxygens (including phenoxy) is 1. The fraction of sp³-hybridized carbons (Fsp3) is 0.450. The SMILES string of the molecule is C/C=C1/CN2CC[C@]34C(=C[C@@H]1C[C@@H]23)N(C(=O)OC)c1ccccc14. The average Bonchev–Trinajstić information content (AvgIpc) is 3.15. The third-order valence-electron chi connectivity index (χ3n) is 6.55. The minimum Gasteiger partial charge on any atom is -0.452 e. The lowest BCUT2D eigenvalue weighted by Gasteiger charge is -2.47. The van der Waals surface area contributed by atoms with Crippen LogP contribution in [0.3, 0.4) is 0 Å². The summed E-state index contributed by atoms with van der Waals surface area (Å²) in [4.78, 5) is 17.1. The number of allylic oxidation sites excluding steroid dienone is 2. The van der Waals surface area contributed by atoms with Gasteiger partial charge in [0.25, 0.3) is 0 Å². The van der Waals surface area contributed by atoms with E-state index in [1.54, 1.807) is 0 Å². The number of hydrogen-bond donors (Lipinski definition) is 0. The summed E-state index contributed by atoms with van der Waals surface area (Å²) in [5.41, 5.74) is 4.90. The summed E-state index contributed by atoms with van der Waals surface area (Å²) >= 11 is 0. The van der Waals surface area contributed by atoms with Gasteiger partial charge in [-0.05, 0) is 31.4 Å². The average molecular weight is 322 g/mol. The number of rotatable bonds is 0. The van der Waals surface area contributed by atoms with Crippen LogP contribution in [0.15, 0.2) is 47.7 Å². The molecule has 124 valence electrons. The Labute approximate surface area is 142 Å². The van der Waals surface area contributed by atoms with E-state index in [1.165, 1.54) is 18.2 Å². The van der Waals surface area contributed by atoms with Crippen molar-refractivity contribution in [3.63, 3.8) is 0 Å². The number of amides is 1. The minimum absolute atomic E-state index is 0.0411. The Hall–Kier alpha value is -2.07. The summed E-state index contributed by atoms with van der Waals surface area (Å²) in [6, 6.07) is 8.87. The Morgan fingerprint density at radius 3 is 3.00 bits per heavy atom. The molecule has 3 aliphatic heterocycles. The second-order valence-electron chi connectivity index (χ2n) is 7.29. The van der Waals surface area contributed by atoms with Crippen molar-refractivity contribution in [2.75, 3.05) is 25.1 Å². The van der Waals surface area contributed by atoms with Crippen LogP contribution in [-0.4, -0.2) is 37.2 Å². The van der Waals surface area contributed by atoms with E-state index in [0.29, 0.717) is 12.0 Å². The normalized spacial score (nSPS) is 34.8. The molecule has 1 amide bonds. The molecule has 5 rings (SSSR count). The lowest BCUT2D eigenvalue weighted by Crippen LogP contribution is -2.52. The van der Waals surface area contributed by atoms with Gasteiger partial charge in [0.2, 0.25) is 0 Å². The molecule has 0 aromatic heterocycles. The highest BCUT2D eigenvalue weighted by Gasteiger charge is 2.62. The van der Waals surface area contributed by atoms with Crippen LogP contribution in [0.2, 0.25) is 0 Å². The van der Waals surface area contributed by atoms with Crippen molar-refractivity contribution in [1.82, 2.24) is 4.90 Å². The van der Waals surface area contributed by atoms with E-state index in [0.717, 1.165) is 37.3 Å². The van der Waals surface area contributed by atoms with E-state index in [9.17, 15) is 4.79 Å². The molecule has 4 heteroatoms. The number of hydrogen-bond acceptors (Lipinski definition) is 3. The number of piperidine rings is 1. The van der Waals surface area contributed by atoms with Gasteiger partial charge in [0.1, 0.15) is 0 Å². The molecule has 1 aliphatic carbocycles. The van der Waals surface area contributed by atoms with Gasteiger partial charge < -0.3 is 4.74 Å². The maximum Gasteiger partial charge on any atom is 0.418 e. The van der Waals surface area contributed by atoms with Crippen molar-refractivity contribution in [2.45, 2.75) is 31.2 Å². The van der Waals surface area contributed by atoms with E-state index in [1.807, 2.05) is 11.0 Å². The fourth-order valence-corrected chi connectivity index (χ4v) is 5.55. The van der Waals surface area contributed by atoms with Crippen molar-refractivity contribution < 1.29 is 9.53 Å². The Kier molecular flexibility index (Phi) is 2.82. The van der Waals surface area contributed by atoms with Gasteiger partial charge in [0, 0.05) is 30.7 Å². The molecule has 1 spiro atoms. The summed E-state index contributed by atoms with van der Waals surface area (Å²) in [7, 11) is 1.47. The molecule has 1 aromatic carbocycles. The molecule has 2 bridgehead atoms. The van der Waals surface area contributed by atoms with Crippen LogP contribution in [-0.2, 0) is 10.2 Å². The minimum atomic E-state index is -0.272. The Morgan fingerprint density at radius 2 is 2.21 bits per heavy atom. The molecule has 3 atom stereocenters. The van der Waals surface area contributed by atoms with Gasteiger partial charge in [0.05, 0.1) is 18.2 Å². The Bertz CT molecular complexity index is 797. The first-order valence-electron chi connectivity index (χ1n) is 8.79. The topological polar surface area (TPSA) is 32.8 Å². The van der Waals surface area contributed by atoms with Gasteiger partial charge in [0.15, 0.2) is 0 Å². The number of carbonyl (C=O) groups is 1. The van der Waals surface area contributed by atoms with E-state index >= 15 is 0 Å². The first kappa shape index (κ1) is 14.3. The zero-order valence-corrected chi connectivity index (χ0v) is 14.2. The standard InChI is InChI=1S/C20H22N2O2/c1-3-13-12-21-9-8-20-15-6-4-5-7-16(15)22(19(23)24-2)18(20)11-14(13)10-17(20)21/h3-7,11,14,17H,8-10,12H2,1-2H3/b13-3-/t14-,17+,20+/m0/s1. The van der Waals surface area contributed by atoms with Crippen molar-refractivity contribution >= 4 is 11.8 Å². The van der Waals surface area contributed by atoms with Crippen molar-refractivity contribution in [2.24, 2.45) is 5.92 Å². The molecule has 2 saturated heterocycles. The lowest BCUT2D eigenvalue weighted by atomic mass is 9.64. The first-order chi connectivity index (χ1) is 11.7. The predicted molar refractivity (Wildman–Crippen MR) is 92.9 cm³/mol. The van der Waals surface area contributed by atoms with Gasteiger partial charge >= 0.3 is 6.09 Å². The number of carbonyl (C=O) groups excluding carboxylic acids is 1. The van der Waals surface area contributed by atoms with E-state index in [4.69, 9.17) is 4.74 Å². The summed E-state index contributed by atoms with van der Waals surface area (Å²) < 4.78 is 5.14. The molecule has 24 heavy (non-hydrogen) atoms. The van der Waals surface area contributed by atoms with E-state index in [-0.39, 0.29) is 11.5 Å². The van der Waals surface area contributed by atoms with Gasteiger partial charge in [-0.15, -0.1) is 0 Å². The monoisotopic (exact) mass is 322 g/mol. The van der Waals surface area contributed by atoms with Gasteiger partial charge in [-0.3, -0.25) is 4.90 Å². The lowest BCUT2D eigenvalue weighted by molar-refractivity contribution is 0.163. The molecule has 4 nitrogen and oxygen atoms in total. The van der Waals surface area contributed by atoms with Crippen LogP contribution < -0.4 is 4.90 Å². The van der Waals surface area contributed by atoms with Gasteiger partial charge in [-0.2, -0.15) is 0 Å². The van der Waals surface area contributed by atoms with Gasteiger partial charge in [-0.25, -0.2) is 9.69 Å². The van der Waals surface area contributed by atoms with E-state index in [2.05, 4.69) is 42.2 Å². The van der Waals surface area contributed by atoms with Crippen molar-refractivity contribution in [3.05, 3.63) is 53.3 Å². The van der Waals surface area contributed by atoms with Crippen LogP contribution >= 0.6 is 0 Å². The second kappa shape index (κ2) is 4.73. The van der Waals surface area contributed by atoms with Crippen LogP contribution in [0.4, 0.5) is 10.5 Å². The molecule has 0 saturated carbocycles. The number of para-hydroxylation sites is 1. The molecular weight excluding hydrogens is 300 g/mol. The summed E-state index contributed by atoms with van der Waals surface area (Å²) in [6.45, 7) is 4.29. The van der Waals surface area contributed by atoms with Crippen LogP contribution in [0.5, 0.6) is 0 Å². The van der Waals surface area contributed by atoms with Crippen molar-refractivity contribution in [1.29, 1.82) is 0 Å². The molecule has 1 aromatic rings. The largest absolute Gasteiger partial charge is 0.452 e. The van der Waals surface area contributed by atoms with E-state index < -0.39 is 0 Å². The number of anilines is 1. The molecule has 0 unspecified atom stereocenters. The zero-order valence-electron chi connectivity index (χ0n) is 14.2. The molecular formula is C20H22N2O2. The quantitative estimate of drug-likeness (QED) is 0.686. The highest BCUT2D eigenvalue weighted by Crippen LogP contribution is 2.61. The first-order valence-corrected chi connectivity index (χ1v) is 8.79. The second-order valence-corrected chi connectivity index (χ2v) is 7.29. The summed E-state index contributed by atoms with van der Waals surface area (Å²) in [6.07, 6.45) is 6.58. The van der Waals surface area contributed by atoms with Crippen LogP contribution in [0.25, 0.3) is 0 Å². The highest BCUT2D eigenvalue weighted by molar-refractivity contribution is 5.97. The highest BCUT2D eigenvalue weighted by atomic mass is 16.5.